The van der Waals surface area contributed by atoms with Gasteiger partial charge in [0, 0.05) is 17.0 Å². The fourth-order valence-electron chi connectivity index (χ4n) is 2.53. The van der Waals surface area contributed by atoms with E-state index >= 15 is 0 Å². The van der Waals surface area contributed by atoms with E-state index in [-0.39, 0.29) is 18.1 Å². The molecule has 0 bridgehead atoms. The van der Waals surface area contributed by atoms with Gasteiger partial charge in [-0.25, -0.2) is 0 Å². The Labute approximate surface area is 119 Å². The summed E-state index contributed by atoms with van der Waals surface area (Å²) in [5.41, 5.74) is 0.998. The molecule has 1 aromatic heterocycles. The Bertz CT molecular complexity index is 465. The summed E-state index contributed by atoms with van der Waals surface area (Å²) in [5, 5.41) is 12.0. The van der Waals surface area contributed by atoms with Crippen molar-refractivity contribution in [1.82, 2.24) is 5.32 Å². The van der Waals surface area contributed by atoms with Gasteiger partial charge in [-0.2, -0.15) is 0 Å². The van der Waals surface area contributed by atoms with Crippen molar-refractivity contribution in [2.24, 2.45) is 5.92 Å². The average Bonchev–Trinajstić information content (AvgIpc) is 2.71. The minimum absolute atomic E-state index is 0.00879. The lowest BCUT2D eigenvalue weighted by molar-refractivity contribution is 0.0903. The molecule has 0 aliphatic heterocycles. The molecule has 0 spiro atoms. The van der Waals surface area contributed by atoms with Crippen molar-refractivity contribution in [2.45, 2.75) is 52.0 Å². The first-order valence-electron chi connectivity index (χ1n) is 6.96. The zero-order valence-corrected chi connectivity index (χ0v) is 12.8. The highest BCUT2D eigenvalue weighted by Crippen LogP contribution is 2.32. The maximum absolute atomic E-state index is 12.3. The van der Waals surface area contributed by atoms with Crippen LogP contribution in [-0.4, -0.2) is 23.2 Å². The number of fused-ring (bicyclic) bond motifs is 1. The second-order valence-corrected chi connectivity index (χ2v) is 7.36. The summed E-state index contributed by atoms with van der Waals surface area (Å²) < 4.78 is 0. The SMILES string of the molecule is CC1CCc2sc(C(=O)NC(C)(C)CCO)cc2C1. The van der Waals surface area contributed by atoms with Crippen molar-refractivity contribution < 1.29 is 9.90 Å². The van der Waals surface area contributed by atoms with Crippen molar-refractivity contribution in [3.05, 3.63) is 21.4 Å². The van der Waals surface area contributed by atoms with Gasteiger partial charge in [-0.1, -0.05) is 6.92 Å². The third kappa shape index (κ3) is 3.57. The molecule has 1 aromatic rings. The zero-order chi connectivity index (χ0) is 14.0. The van der Waals surface area contributed by atoms with Crippen molar-refractivity contribution in [2.75, 3.05) is 6.61 Å². The molecule has 0 radical (unpaired) electrons. The van der Waals surface area contributed by atoms with Crippen LogP contribution in [0.5, 0.6) is 0 Å². The molecule has 1 heterocycles. The Kier molecular flexibility index (Phi) is 4.31. The molecular formula is C15H23NO2S. The molecule has 4 heteroatoms. The van der Waals surface area contributed by atoms with E-state index in [2.05, 4.69) is 18.3 Å². The molecular weight excluding hydrogens is 258 g/mol. The van der Waals surface area contributed by atoms with Gasteiger partial charge in [-0.15, -0.1) is 11.3 Å². The summed E-state index contributed by atoms with van der Waals surface area (Å²) in [7, 11) is 0. The van der Waals surface area contributed by atoms with Gasteiger partial charge in [0.05, 0.1) is 4.88 Å². The van der Waals surface area contributed by atoms with E-state index in [1.165, 1.54) is 16.9 Å². The van der Waals surface area contributed by atoms with Crippen molar-refractivity contribution in [3.8, 4) is 0 Å². The van der Waals surface area contributed by atoms with Crippen LogP contribution in [0, 0.1) is 5.92 Å². The lowest BCUT2D eigenvalue weighted by Gasteiger charge is -2.24. The Balaban J connectivity index is 2.08. The maximum Gasteiger partial charge on any atom is 0.261 e. The molecule has 1 amide bonds. The number of rotatable bonds is 4. The van der Waals surface area contributed by atoms with E-state index in [1.54, 1.807) is 11.3 Å². The standard InChI is InChI=1S/C15H23NO2S/c1-10-4-5-12-11(8-10)9-13(19-12)14(18)16-15(2,3)6-7-17/h9-10,17H,4-8H2,1-3H3,(H,16,18). The van der Waals surface area contributed by atoms with Crippen molar-refractivity contribution in [3.63, 3.8) is 0 Å². The molecule has 1 aliphatic carbocycles. The molecule has 2 N–H and O–H groups in total. The van der Waals surface area contributed by atoms with Gasteiger partial charge in [0.1, 0.15) is 0 Å². The third-order valence-electron chi connectivity index (χ3n) is 3.74. The van der Waals surface area contributed by atoms with Crippen LogP contribution in [-0.2, 0) is 12.8 Å². The fraction of sp³-hybridized carbons (Fsp3) is 0.667. The summed E-state index contributed by atoms with van der Waals surface area (Å²) in [6.07, 6.45) is 4.00. The first-order chi connectivity index (χ1) is 8.91. The molecule has 1 unspecified atom stereocenters. The quantitative estimate of drug-likeness (QED) is 0.891. The van der Waals surface area contributed by atoms with Crippen LogP contribution in [0.1, 0.15) is 53.7 Å². The van der Waals surface area contributed by atoms with Crippen LogP contribution in [0.15, 0.2) is 6.07 Å². The fourth-order valence-corrected chi connectivity index (χ4v) is 3.63. The predicted octanol–water partition coefficient (Wildman–Crippen LogP) is 2.76. The third-order valence-corrected chi connectivity index (χ3v) is 4.98. The second kappa shape index (κ2) is 5.63. The van der Waals surface area contributed by atoms with E-state index in [0.29, 0.717) is 6.42 Å². The number of aryl methyl sites for hydroxylation is 1. The monoisotopic (exact) mass is 281 g/mol. The zero-order valence-electron chi connectivity index (χ0n) is 12.0. The molecule has 106 valence electrons. The number of nitrogens with one attached hydrogen (secondary N) is 1. The van der Waals surface area contributed by atoms with Crippen molar-refractivity contribution in [1.29, 1.82) is 0 Å². The number of hydrogen-bond donors (Lipinski definition) is 2. The van der Waals surface area contributed by atoms with E-state index < -0.39 is 0 Å². The Hall–Kier alpha value is -0.870. The Morgan fingerprint density at radius 3 is 3.00 bits per heavy atom. The number of carbonyl (C=O) groups is 1. The van der Waals surface area contributed by atoms with Gasteiger partial charge in [0.15, 0.2) is 0 Å². The van der Waals surface area contributed by atoms with Crippen LogP contribution in [0.25, 0.3) is 0 Å². The lowest BCUT2D eigenvalue weighted by atomic mass is 9.90. The predicted molar refractivity (Wildman–Crippen MR) is 78.8 cm³/mol. The molecule has 1 aliphatic rings. The van der Waals surface area contributed by atoms with E-state index in [0.717, 1.165) is 23.6 Å². The smallest absolute Gasteiger partial charge is 0.261 e. The van der Waals surface area contributed by atoms with Gasteiger partial charge < -0.3 is 10.4 Å². The molecule has 0 saturated heterocycles. The van der Waals surface area contributed by atoms with Crippen LogP contribution in [0.4, 0.5) is 0 Å². The highest BCUT2D eigenvalue weighted by atomic mass is 32.1. The highest BCUT2D eigenvalue weighted by Gasteiger charge is 2.24. The van der Waals surface area contributed by atoms with Crippen LogP contribution in [0.3, 0.4) is 0 Å². The molecule has 19 heavy (non-hydrogen) atoms. The number of aliphatic hydroxyl groups excluding tert-OH is 1. The number of aliphatic hydroxyl groups is 1. The highest BCUT2D eigenvalue weighted by molar-refractivity contribution is 7.14. The molecule has 3 nitrogen and oxygen atoms in total. The Morgan fingerprint density at radius 1 is 1.58 bits per heavy atom. The molecule has 1 atom stereocenters. The largest absolute Gasteiger partial charge is 0.396 e. The number of amides is 1. The summed E-state index contributed by atoms with van der Waals surface area (Å²) in [6, 6.07) is 2.06. The normalized spacial score (nSPS) is 19.1. The van der Waals surface area contributed by atoms with E-state index in [1.807, 2.05) is 13.8 Å². The van der Waals surface area contributed by atoms with Gasteiger partial charge in [0.2, 0.25) is 0 Å². The van der Waals surface area contributed by atoms with Crippen LogP contribution < -0.4 is 5.32 Å². The van der Waals surface area contributed by atoms with Crippen LogP contribution >= 0.6 is 11.3 Å². The van der Waals surface area contributed by atoms with Gasteiger partial charge in [-0.3, -0.25) is 4.79 Å². The number of thiophene rings is 1. The number of carbonyl (C=O) groups excluding carboxylic acids is 1. The number of hydrogen-bond acceptors (Lipinski definition) is 3. The summed E-state index contributed by atoms with van der Waals surface area (Å²) in [6.45, 7) is 6.24. The van der Waals surface area contributed by atoms with Crippen LogP contribution in [0.2, 0.25) is 0 Å². The maximum atomic E-state index is 12.3. The van der Waals surface area contributed by atoms with E-state index in [4.69, 9.17) is 5.11 Å². The summed E-state index contributed by atoms with van der Waals surface area (Å²) in [4.78, 5) is 14.4. The molecule has 0 aromatic carbocycles. The Morgan fingerprint density at radius 2 is 2.32 bits per heavy atom. The van der Waals surface area contributed by atoms with Gasteiger partial charge >= 0.3 is 0 Å². The first kappa shape index (κ1) is 14.5. The average molecular weight is 281 g/mol. The lowest BCUT2D eigenvalue weighted by Crippen LogP contribution is -2.43. The topological polar surface area (TPSA) is 49.3 Å². The van der Waals surface area contributed by atoms with Crippen molar-refractivity contribution >= 4 is 17.2 Å². The first-order valence-corrected chi connectivity index (χ1v) is 7.78. The van der Waals surface area contributed by atoms with Gasteiger partial charge in [-0.05, 0) is 57.1 Å². The minimum atomic E-state index is -0.358. The summed E-state index contributed by atoms with van der Waals surface area (Å²) in [5.74, 6) is 0.717. The molecule has 0 fully saturated rings. The second-order valence-electron chi connectivity index (χ2n) is 6.22. The molecule has 2 rings (SSSR count). The van der Waals surface area contributed by atoms with E-state index in [9.17, 15) is 4.79 Å². The molecule has 0 saturated carbocycles. The van der Waals surface area contributed by atoms with Gasteiger partial charge in [0.25, 0.3) is 5.91 Å². The minimum Gasteiger partial charge on any atom is -0.396 e. The summed E-state index contributed by atoms with van der Waals surface area (Å²) >= 11 is 1.63.